The molecule has 2 nitrogen and oxygen atoms in total. The van der Waals surface area contributed by atoms with Gasteiger partial charge in [-0.25, -0.2) is 0 Å². The van der Waals surface area contributed by atoms with Gasteiger partial charge in [0.1, 0.15) is 6.10 Å². The molecule has 1 aliphatic heterocycles. The molecule has 1 aliphatic carbocycles. The first-order chi connectivity index (χ1) is 4.06. The molecule has 0 bridgehead atoms. The molecule has 2 rings (SSSR count). The lowest BCUT2D eigenvalue weighted by Crippen LogP contribution is -2.29. The minimum Gasteiger partial charge on any atom is -0.363 e. The van der Waals surface area contributed by atoms with Crippen LogP contribution in [0.2, 0.25) is 0 Å². The molecule has 0 spiro atoms. The van der Waals surface area contributed by atoms with Gasteiger partial charge in [-0.05, 0) is 12.8 Å². The highest BCUT2D eigenvalue weighted by molar-refractivity contribution is 5.09. The first kappa shape index (κ1) is 5.69. The Morgan fingerprint density at radius 2 is 2.22 bits per heavy atom. The standard InChI is InChI=1S/C7H12O2/c1-6(2)4-3-5-7(6,8)9-5/h5,8H,3-4H2,1-2H3. The van der Waals surface area contributed by atoms with Crippen LogP contribution in [0.15, 0.2) is 0 Å². The zero-order valence-corrected chi connectivity index (χ0v) is 5.85. The quantitative estimate of drug-likeness (QED) is 0.491. The van der Waals surface area contributed by atoms with Crippen molar-refractivity contribution in [3.63, 3.8) is 0 Å². The summed E-state index contributed by atoms with van der Waals surface area (Å²) in [6.07, 6.45) is 2.28. The summed E-state index contributed by atoms with van der Waals surface area (Å²) in [7, 11) is 0. The van der Waals surface area contributed by atoms with E-state index in [-0.39, 0.29) is 11.5 Å². The van der Waals surface area contributed by atoms with E-state index in [4.69, 9.17) is 4.74 Å². The first-order valence-corrected chi connectivity index (χ1v) is 3.46. The molecule has 0 aromatic heterocycles. The summed E-state index contributed by atoms with van der Waals surface area (Å²) in [5.74, 6) is -0.743. The lowest BCUT2D eigenvalue weighted by molar-refractivity contribution is -0.0621. The van der Waals surface area contributed by atoms with E-state index in [1.165, 1.54) is 0 Å². The average Bonchev–Trinajstić information content (AvgIpc) is 2.34. The number of hydrogen-bond donors (Lipinski definition) is 1. The number of epoxide rings is 1. The Morgan fingerprint density at radius 3 is 2.33 bits per heavy atom. The van der Waals surface area contributed by atoms with Gasteiger partial charge in [-0.1, -0.05) is 13.8 Å². The zero-order valence-electron chi connectivity index (χ0n) is 5.85. The molecule has 0 radical (unpaired) electrons. The SMILES string of the molecule is CC1(C)CCC2OC21O. The largest absolute Gasteiger partial charge is 0.363 e. The molecule has 0 aromatic rings. The minimum absolute atomic E-state index is 0.00231. The third-order valence-electron chi connectivity index (χ3n) is 2.70. The van der Waals surface area contributed by atoms with E-state index in [2.05, 4.69) is 13.8 Å². The van der Waals surface area contributed by atoms with Crippen LogP contribution in [0.25, 0.3) is 0 Å². The van der Waals surface area contributed by atoms with E-state index in [0.717, 1.165) is 12.8 Å². The fourth-order valence-corrected chi connectivity index (χ4v) is 1.70. The van der Waals surface area contributed by atoms with Crippen LogP contribution >= 0.6 is 0 Å². The van der Waals surface area contributed by atoms with Crippen molar-refractivity contribution in [1.29, 1.82) is 0 Å². The van der Waals surface area contributed by atoms with Gasteiger partial charge < -0.3 is 9.84 Å². The number of rotatable bonds is 0. The third kappa shape index (κ3) is 0.485. The molecule has 1 saturated heterocycles. The van der Waals surface area contributed by atoms with Crippen molar-refractivity contribution in [2.24, 2.45) is 5.41 Å². The summed E-state index contributed by atoms with van der Waals surface area (Å²) in [5.41, 5.74) is -0.00231. The highest BCUT2D eigenvalue weighted by atomic mass is 16.7. The topological polar surface area (TPSA) is 32.8 Å². The number of ether oxygens (including phenoxy) is 1. The van der Waals surface area contributed by atoms with Crippen LogP contribution in [-0.2, 0) is 4.74 Å². The van der Waals surface area contributed by atoms with Crippen molar-refractivity contribution in [1.82, 2.24) is 0 Å². The van der Waals surface area contributed by atoms with E-state index < -0.39 is 5.79 Å². The Kier molecular flexibility index (Phi) is 0.746. The number of aliphatic hydroxyl groups is 1. The average molecular weight is 128 g/mol. The molecule has 2 fully saturated rings. The molecule has 9 heavy (non-hydrogen) atoms. The molecule has 2 atom stereocenters. The Bertz CT molecular complexity index is 148. The summed E-state index contributed by atoms with van der Waals surface area (Å²) < 4.78 is 5.11. The Morgan fingerprint density at radius 1 is 1.56 bits per heavy atom. The van der Waals surface area contributed by atoms with Crippen LogP contribution in [0, 0.1) is 5.41 Å². The molecule has 2 unspecified atom stereocenters. The van der Waals surface area contributed by atoms with E-state index in [9.17, 15) is 5.11 Å². The Balaban J connectivity index is 2.28. The third-order valence-corrected chi connectivity index (χ3v) is 2.70. The first-order valence-electron chi connectivity index (χ1n) is 3.46. The lowest BCUT2D eigenvalue weighted by Gasteiger charge is -2.22. The second-order valence-electron chi connectivity index (χ2n) is 3.73. The van der Waals surface area contributed by atoms with Crippen molar-refractivity contribution in [3.8, 4) is 0 Å². The van der Waals surface area contributed by atoms with Gasteiger partial charge in [0, 0.05) is 5.41 Å². The zero-order chi connectivity index (χ0) is 6.70. The minimum atomic E-state index is -0.743. The lowest BCUT2D eigenvalue weighted by atomic mass is 9.88. The van der Waals surface area contributed by atoms with Crippen LogP contribution in [0.1, 0.15) is 26.7 Å². The highest BCUT2D eigenvalue weighted by Gasteiger charge is 2.68. The monoisotopic (exact) mass is 128 g/mol. The smallest absolute Gasteiger partial charge is 0.198 e. The molecule has 0 aromatic carbocycles. The molecule has 52 valence electrons. The van der Waals surface area contributed by atoms with Crippen LogP contribution in [0.5, 0.6) is 0 Å². The van der Waals surface area contributed by atoms with E-state index in [1.807, 2.05) is 0 Å². The van der Waals surface area contributed by atoms with Crippen LogP contribution in [0.3, 0.4) is 0 Å². The molecule has 2 heteroatoms. The van der Waals surface area contributed by atoms with Gasteiger partial charge in [0.05, 0.1) is 0 Å². The normalized spacial score (nSPS) is 53.0. The summed E-state index contributed by atoms with van der Waals surface area (Å²) in [6.45, 7) is 4.11. The maximum absolute atomic E-state index is 9.57. The second-order valence-corrected chi connectivity index (χ2v) is 3.73. The van der Waals surface area contributed by atoms with Crippen molar-refractivity contribution in [3.05, 3.63) is 0 Å². The predicted octanol–water partition coefficient (Wildman–Crippen LogP) is 0.894. The van der Waals surface area contributed by atoms with Crippen molar-refractivity contribution in [2.75, 3.05) is 0 Å². The summed E-state index contributed by atoms with van der Waals surface area (Å²) in [4.78, 5) is 0. The van der Waals surface area contributed by atoms with Crippen molar-refractivity contribution in [2.45, 2.75) is 38.6 Å². The van der Waals surface area contributed by atoms with Gasteiger partial charge in [0.2, 0.25) is 0 Å². The Labute approximate surface area is 54.8 Å². The summed E-state index contributed by atoms with van der Waals surface area (Å²) >= 11 is 0. The Hall–Kier alpha value is -0.0800. The van der Waals surface area contributed by atoms with Gasteiger partial charge in [0.25, 0.3) is 0 Å². The van der Waals surface area contributed by atoms with E-state index >= 15 is 0 Å². The second kappa shape index (κ2) is 1.18. The van der Waals surface area contributed by atoms with Gasteiger partial charge in [0.15, 0.2) is 5.79 Å². The van der Waals surface area contributed by atoms with Gasteiger partial charge in [-0.3, -0.25) is 0 Å². The molecule has 2 aliphatic rings. The molecule has 1 saturated carbocycles. The van der Waals surface area contributed by atoms with E-state index in [0.29, 0.717) is 0 Å². The van der Waals surface area contributed by atoms with Crippen LogP contribution in [-0.4, -0.2) is 17.0 Å². The highest BCUT2D eigenvalue weighted by Crippen LogP contribution is 2.58. The maximum Gasteiger partial charge on any atom is 0.198 e. The van der Waals surface area contributed by atoms with Crippen LogP contribution in [0.4, 0.5) is 0 Å². The fraction of sp³-hybridized carbons (Fsp3) is 1.00. The van der Waals surface area contributed by atoms with Crippen molar-refractivity contribution < 1.29 is 9.84 Å². The fourth-order valence-electron chi connectivity index (χ4n) is 1.70. The predicted molar refractivity (Wildman–Crippen MR) is 32.8 cm³/mol. The van der Waals surface area contributed by atoms with Gasteiger partial charge in [-0.15, -0.1) is 0 Å². The number of hydrogen-bond acceptors (Lipinski definition) is 2. The molecular weight excluding hydrogens is 116 g/mol. The molecule has 1 heterocycles. The molecule has 0 amide bonds. The summed E-state index contributed by atoms with van der Waals surface area (Å²) in [6, 6.07) is 0. The summed E-state index contributed by atoms with van der Waals surface area (Å²) in [5, 5.41) is 9.57. The van der Waals surface area contributed by atoms with E-state index in [1.54, 1.807) is 0 Å². The van der Waals surface area contributed by atoms with Crippen molar-refractivity contribution >= 4 is 0 Å². The molecule has 1 N–H and O–H groups in total. The molecular formula is C7H12O2. The maximum atomic E-state index is 9.57. The van der Waals surface area contributed by atoms with Gasteiger partial charge in [-0.2, -0.15) is 0 Å². The van der Waals surface area contributed by atoms with Crippen LogP contribution < -0.4 is 0 Å². The van der Waals surface area contributed by atoms with Gasteiger partial charge >= 0.3 is 0 Å². The number of fused-ring (bicyclic) bond motifs is 1.